The summed E-state index contributed by atoms with van der Waals surface area (Å²) in [5.74, 6) is 0. The summed E-state index contributed by atoms with van der Waals surface area (Å²) in [5.41, 5.74) is 3.03. The van der Waals surface area contributed by atoms with Crippen LogP contribution in [0.25, 0.3) is 0 Å². The van der Waals surface area contributed by atoms with Crippen molar-refractivity contribution in [2.75, 3.05) is 0 Å². The topological polar surface area (TPSA) is 71.5 Å². The lowest BCUT2D eigenvalue weighted by atomic mass is 9.97. The second kappa shape index (κ2) is 11.7. The highest BCUT2D eigenvalue weighted by Crippen LogP contribution is 2.21. The Bertz CT molecular complexity index is 873. The molecule has 0 spiro atoms. The molecular weight excluding hydrogens is 376 g/mol. The van der Waals surface area contributed by atoms with Crippen molar-refractivity contribution in [3.8, 4) is 0 Å². The van der Waals surface area contributed by atoms with Crippen molar-refractivity contribution in [1.29, 1.82) is 0 Å². The number of carbonyl (C=O) groups excluding carboxylic acids is 1. The molecule has 156 valence electrons. The molecule has 5 nitrogen and oxygen atoms in total. The number of nitrogens with zero attached hydrogens (tertiary/aromatic N) is 1. The quantitative estimate of drug-likeness (QED) is 0.508. The summed E-state index contributed by atoms with van der Waals surface area (Å²) in [6, 6.07) is 23.2. The zero-order chi connectivity index (χ0) is 21.0. The summed E-state index contributed by atoms with van der Waals surface area (Å²) < 4.78 is 5.33. The van der Waals surface area contributed by atoms with Gasteiger partial charge in [-0.2, -0.15) is 0 Å². The smallest absolute Gasteiger partial charge is 0.407 e. The van der Waals surface area contributed by atoms with Crippen LogP contribution in [0.15, 0.2) is 85.2 Å². The molecule has 0 saturated carbocycles. The summed E-state index contributed by atoms with van der Waals surface area (Å²) in [6.45, 7) is 0.154. The molecule has 30 heavy (non-hydrogen) atoms. The van der Waals surface area contributed by atoms with Gasteiger partial charge in [0.1, 0.15) is 6.61 Å². The third-order valence-corrected chi connectivity index (χ3v) is 4.94. The van der Waals surface area contributed by atoms with Crippen LogP contribution in [0.3, 0.4) is 0 Å². The third kappa shape index (κ3) is 7.33. The lowest BCUT2D eigenvalue weighted by Crippen LogP contribution is -2.31. The molecular formula is C25H28N2O3. The number of amides is 1. The van der Waals surface area contributed by atoms with Gasteiger partial charge in [-0.05, 0) is 42.9 Å². The third-order valence-electron chi connectivity index (χ3n) is 4.94. The Morgan fingerprint density at radius 3 is 2.37 bits per heavy atom. The molecule has 3 aromatic rings. The number of aromatic nitrogens is 1. The number of pyridine rings is 1. The van der Waals surface area contributed by atoms with Gasteiger partial charge < -0.3 is 15.2 Å². The molecule has 2 atom stereocenters. The van der Waals surface area contributed by atoms with E-state index >= 15 is 0 Å². The number of hydrogen-bond acceptors (Lipinski definition) is 4. The monoisotopic (exact) mass is 404 g/mol. The van der Waals surface area contributed by atoms with Gasteiger partial charge in [-0.15, -0.1) is 0 Å². The minimum absolute atomic E-state index is 0.154. The zero-order valence-corrected chi connectivity index (χ0v) is 17.0. The van der Waals surface area contributed by atoms with Crippen molar-refractivity contribution in [2.24, 2.45) is 0 Å². The normalized spacial score (nSPS) is 12.7. The van der Waals surface area contributed by atoms with Gasteiger partial charge in [0.2, 0.25) is 0 Å². The van der Waals surface area contributed by atoms with Crippen molar-refractivity contribution in [3.05, 3.63) is 102 Å². The van der Waals surface area contributed by atoms with E-state index in [9.17, 15) is 9.90 Å². The Morgan fingerprint density at radius 1 is 0.967 bits per heavy atom. The largest absolute Gasteiger partial charge is 0.445 e. The van der Waals surface area contributed by atoms with Crippen molar-refractivity contribution < 1.29 is 14.6 Å². The van der Waals surface area contributed by atoms with E-state index in [2.05, 4.69) is 22.4 Å². The predicted molar refractivity (Wildman–Crippen MR) is 117 cm³/mol. The van der Waals surface area contributed by atoms with Crippen molar-refractivity contribution in [2.45, 2.75) is 44.4 Å². The standard InChI is InChI=1S/C25H28N2O3/c28-23(15-7-11-20-9-3-1-4-10-20)17-24(22-13-5-2-6-14-22)27-25(29)30-19-21-12-8-16-26-18-21/h1-6,8-10,12-14,16,18,23-24,28H,7,11,15,17,19H2,(H,27,29). The van der Waals surface area contributed by atoms with E-state index in [0.29, 0.717) is 12.8 Å². The lowest BCUT2D eigenvalue weighted by molar-refractivity contribution is 0.118. The number of alkyl carbamates (subject to hydrolysis) is 1. The SMILES string of the molecule is O=C(NC(CC(O)CCCc1ccccc1)c1ccccc1)OCc1cccnc1. The zero-order valence-electron chi connectivity index (χ0n) is 17.0. The highest BCUT2D eigenvalue weighted by molar-refractivity contribution is 5.68. The first-order valence-corrected chi connectivity index (χ1v) is 10.3. The summed E-state index contributed by atoms with van der Waals surface area (Å²) in [4.78, 5) is 16.4. The highest BCUT2D eigenvalue weighted by Gasteiger charge is 2.19. The Kier molecular flexibility index (Phi) is 8.42. The molecule has 0 aliphatic carbocycles. The van der Waals surface area contributed by atoms with E-state index in [1.54, 1.807) is 18.5 Å². The van der Waals surface area contributed by atoms with Crippen LogP contribution in [0.1, 0.15) is 42.0 Å². The van der Waals surface area contributed by atoms with Gasteiger partial charge in [0.25, 0.3) is 0 Å². The molecule has 0 aliphatic rings. The fraction of sp³-hybridized carbons (Fsp3) is 0.280. The Balaban J connectivity index is 1.52. The maximum Gasteiger partial charge on any atom is 0.407 e. The van der Waals surface area contributed by atoms with Gasteiger partial charge in [-0.25, -0.2) is 4.79 Å². The maximum atomic E-state index is 12.3. The van der Waals surface area contributed by atoms with Crippen LogP contribution in [-0.4, -0.2) is 22.3 Å². The first kappa shape index (κ1) is 21.5. The molecule has 2 aromatic carbocycles. The van der Waals surface area contributed by atoms with Gasteiger partial charge in [0.05, 0.1) is 12.1 Å². The second-order valence-electron chi connectivity index (χ2n) is 7.31. The number of carbonyl (C=O) groups is 1. The number of benzene rings is 2. The second-order valence-corrected chi connectivity index (χ2v) is 7.31. The van der Waals surface area contributed by atoms with Crippen LogP contribution in [0.5, 0.6) is 0 Å². The lowest BCUT2D eigenvalue weighted by Gasteiger charge is -2.22. The summed E-state index contributed by atoms with van der Waals surface area (Å²) >= 11 is 0. The molecule has 0 fully saturated rings. The number of hydrogen-bond donors (Lipinski definition) is 2. The Morgan fingerprint density at radius 2 is 1.67 bits per heavy atom. The van der Waals surface area contributed by atoms with Crippen LogP contribution in [0.4, 0.5) is 4.79 Å². The minimum atomic E-state index is -0.516. The summed E-state index contributed by atoms with van der Waals surface area (Å²) in [5, 5.41) is 13.5. The van der Waals surface area contributed by atoms with E-state index in [1.165, 1.54) is 5.56 Å². The van der Waals surface area contributed by atoms with Gasteiger partial charge >= 0.3 is 6.09 Å². The highest BCUT2D eigenvalue weighted by atomic mass is 16.5. The molecule has 1 amide bonds. The molecule has 0 aliphatic heterocycles. The van der Waals surface area contributed by atoms with E-state index in [4.69, 9.17) is 4.74 Å². The van der Waals surface area contributed by atoms with E-state index in [-0.39, 0.29) is 12.6 Å². The Labute approximate surface area is 177 Å². The number of aryl methyl sites for hydroxylation is 1. The predicted octanol–water partition coefficient (Wildman–Crippen LogP) is 4.82. The molecule has 0 radical (unpaired) electrons. The van der Waals surface area contributed by atoms with E-state index < -0.39 is 12.2 Å². The average molecular weight is 405 g/mol. The number of rotatable bonds is 10. The van der Waals surface area contributed by atoms with Crippen molar-refractivity contribution in [3.63, 3.8) is 0 Å². The van der Waals surface area contributed by atoms with Gasteiger partial charge in [0.15, 0.2) is 0 Å². The molecule has 1 aromatic heterocycles. The molecule has 0 bridgehead atoms. The fourth-order valence-corrected chi connectivity index (χ4v) is 3.36. The van der Waals surface area contributed by atoms with Crippen LogP contribution < -0.4 is 5.32 Å². The maximum absolute atomic E-state index is 12.3. The number of ether oxygens (including phenoxy) is 1. The molecule has 2 N–H and O–H groups in total. The van der Waals surface area contributed by atoms with E-state index in [0.717, 1.165) is 24.0 Å². The van der Waals surface area contributed by atoms with Crippen LogP contribution in [0, 0.1) is 0 Å². The molecule has 0 saturated heterocycles. The molecule has 2 unspecified atom stereocenters. The summed E-state index contributed by atoms with van der Waals surface area (Å²) in [6.07, 6.45) is 5.23. The van der Waals surface area contributed by atoms with Crippen LogP contribution >= 0.6 is 0 Å². The van der Waals surface area contributed by atoms with E-state index in [1.807, 2.05) is 54.6 Å². The van der Waals surface area contributed by atoms with Gasteiger partial charge in [0, 0.05) is 18.0 Å². The van der Waals surface area contributed by atoms with Crippen LogP contribution in [0.2, 0.25) is 0 Å². The van der Waals surface area contributed by atoms with Gasteiger partial charge in [-0.3, -0.25) is 4.98 Å². The first-order valence-electron chi connectivity index (χ1n) is 10.3. The molecule has 3 rings (SSSR count). The molecule has 5 heteroatoms. The number of aliphatic hydroxyl groups is 1. The van der Waals surface area contributed by atoms with Gasteiger partial charge in [-0.1, -0.05) is 66.7 Å². The average Bonchev–Trinajstić information content (AvgIpc) is 2.79. The number of nitrogens with one attached hydrogen (secondary N) is 1. The van der Waals surface area contributed by atoms with Crippen LogP contribution in [-0.2, 0) is 17.8 Å². The number of aliphatic hydroxyl groups excluding tert-OH is 1. The first-order chi connectivity index (χ1) is 14.7. The fourth-order valence-electron chi connectivity index (χ4n) is 3.36. The Hall–Kier alpha value is -3.18. The summed E-state index contributed by atoms with van der Waals surface area (Å²) in [7, 11) is 0. The van der Waals surface area contributed by atoms with Crippen molar-refractivity contribution in [1.82, 2.24) is 10.3 Å². The minimum Gasteiger partial charge on any atom is -0.445 e. The molecule has 1 heterocycles. The van der Waals surface area contributed by atoms with Crippen molar-refractivity contribution >= 4 is 6.09 Å².